The van der Waals surface area contributed by atoms with Gasteiger partial charge in [0.05, 0.1) is 9.82 Å². The summed E-state index contributed by atoms with van der Waals surface area (Å²) in [6.45, 7) is 0. The molecule has 0 unspecified atom stereocenters. The molecule has 1 rings (SSSR count). The fourth-order valence-electron chi connectivity index (χ4n) is 2.19. The van der Waals surface area contributed by atoms with Gasteiger partial charge in [-0.15, -0.1) is 0 Å². The van der Waals surface area contributed by atoms with Crippen molar-refractivity contribution < 1.29 is 22.9 Å². The van der Waals surface area contributed by atoms with Gasteiger partial charge in [0.25, 0.3) is 5.69 Å². The largest absolute Gasteiger partial charge is 0.303 e. The molecule has 0 spiro atoms. The molecule has 1 aromatic rings. The molecule has 0 aliphatic carbocycles. The quantitative estimate of drug-likeness (QED) is 0.264. The molecular weight excluding hydrogens is 336 g/mol. The van der Waals surface area contributed by atoms with Crippen LogP contribution in [0, 0.1) is 10.1 Å². The number of nitrogens with zero attached hydrogens (tertiary/aromatic N) is 1. The molecule has 0 aliphatic rings. The molecule has 0 saturated heterocycles. The smallest absolute Gasteiger partial charge is 0.269 e. The second-order valence-corrected chi connectivity index (χ2v) is 6.98. The summed E-state index contributed by atoms with van der Waals surface area (Å²) < 4.78 is 27.3. The summed E-state index contributed by atoms with van der Waals surface area (Å²) in [7, 11) is -3.83. The third kappa shape index (κ3) is 6.55. The Kier molecular flexibility index (Phi) is 8.20. The molecular formula is C15H20N2O6S. The lowest BCUT2D eigenvalue weighted by atomic mass is 10.0. The fourth-order valence-corrected chi connectivity index (χ4v) is 3.50. The third-order valence-electron chi connectivity index (χ3n) is 3.43. The van der Waals surface area contributed by atoms with E-state index < -0.39 is 21.0 Å². The number of nitro groups is 1. The van der Waals surface area contributed by atoms with E-state index in [1.54, 1.807) is 0 Å². The molecule has 0 aromatic heterocycles. The molecule has 8 nitrogen and oxygen atoms in total. The van der Waals surface area contributed by atoms with E-state index >= 15 is 0 Å². The Hall–Kier alpha value is -2.13. The monoisotopic (exact) mass is 356 g/mol. The highest BCUT2D eigenvalue weighted by Crippen LogP contribution is 2.18. The maximum absolute atomic E-state index is 12.4. The van der Waals surface area contributed by atoms with Crippen molar-refractivity contribution >= 4 is 28.3 Å². The van der Waals surface area contributed by atoms with Gasteiger partial charge in [0.15, 0.2) is 0 Å². The Balaban J connectivity index is 2.81. The highest BCUT2D eigenvalue weighted by molar-refractivity contribution is 7.89. The number of sulfonamides is 1. The minimum atomic E-state index is -3.83. The van der Waals surface area contributed by atoms with Gasteiger partial charge in [-0.2, -0.15) is 0 Å². The number of benzene rings is 1. The van der Waals surface area contributed by atoms with Crippen LogP contribution < -0.4 is 4.72 Å². The van der Waals surface area contributed by atoms with Crippen LogP contribution in [0.5, 0.6) is 0 Å². The number of aldehydes is 2. The first-order valence-corrected chi connectivity index (χ1v) is 9.03. The summed E-state index contributed by atoms with van der Waals surface area (Å²) in [6.07, 6.45) is 4.25. The number of non-ortho nitro benzene ring substituents is 1. The number of carbonyl (C=O) groups excluding carboxylic acids is 2. The van der Waals surface area contributed by atoms with Crippen molar-refractivity contribution in [2.75, 3.05) is 0 Å². The molecule has 0 bridgehead atoms. The first kappa shape index (κ1) is 19.9. The average Bonchev–Trinajstić information content (AvgIpc) is 2.55. The van der Waals surface area contributed by atoms with E-state index in [9.17, 15) is 28.1 Å². The average molecular weight is 356 g/mol. The molecule has 0 fully saturated rings. The van der Waals surface area contributed by atoms with Gasteiger partial charge in [0, 0.05) is 31.0 Å². The summed E-state index contributed by atoms with van der Waals surface area (Å²) in [5.74, 6) is 0. The van der Waals surface area contributed by atoms with Crippen LogP contribution in [0.4, 0.5) is 5.69 Å². The van der Waals surface area contributed by atoms with Crippen LogP contribution in [0.3, 0.4) is 0 Å². The van der Waals surface area contributed by atoms with Crippen LogP contribution in [0.2, 0.25) is 0 Å². The van der Waals surface area contributed by atoms with Crippen molar-refractivity contribution in [1.29, 1.82) is 0 Å². The minimum Gasteiger partial charge on any atom is -0.303 e. The van der Waals surface area contributed by atoms with Gasteiger partial charge < -0.3 is 9.59 Å². The predicted molar refractivity (Wildman–Crippen MR) is 87.0 cm³/mol. The van der Waals surface area contributed by atoms with Crippen LogP contribution >= 0.6 is 0 Å². The molecule has 0 aliphatic heterocycles. The second kappa shape index (κ2) is 9.89. The van der Waals surface area contributed by atoms with Crippen molar-refractivity contribution in [2.24, 2.45) is 0 Å². The molecule has 0 saturated carbocycles. The van der Waals surface area contributed by atoms with E-state index in [1.807, 2.05) is 0 Å². The topological polar surface area (TPSA) is 123 Å². The Morgan fingerprint density at radius 1 is 1.04 bits per heavy atom. The van der Waals surface area contributed by atoms with Crippen molar-refractivity contribution in [2.45, 2.75) is 49.5 Å². The van der Waals surface area contributed by atoms with E-state index in [-0.39, 0.29) is 10.6 Å². The van der Waals surface area contributed by atoms with E-state index in [0.29, 0.717) is 38.5 Å². The molecule has 0 heterocycles. The Morgan fingerprint density at radius 3 is 1.96 bits per heavy atom. The number of carbonyl (C=O) groups is 2. The number of unbranched alkanes of at least 4 members (excludes halogenated alkanes) is 2. The van der Waals surface area contributed by atoms with Gasteiger partial charge in [0.2, 0.25) is 10.0 Å². The zero-order valence-corrected chi connectivity index (χ0v) is 13.9. The summed E-state index contributed by atoms with van der Waals surface area (Å²) in [5.41, 5.74) is -0.192. The maximum atomic E-state index is 12.4. The van der Waals surface area contributed by atoms with Crippen molar-refractivity contribution in [3.8, 4) is 0 Å². The van der Waals surface area contributed by atoms with Gasteiger partial charge in [-0.05, 0) is 37.8 Å². The van der Waals surface area contributed by atoms with Gasteiger partial charge in [0.1, 0.15) is 12.6 Å². The standard InChI is InChI=1S/C15H20N2O6S/c18-11-3-1-5-13(6-2-4-12-19)16-24(22,23)15-9-7-14(8-10-15)17(20)21/h7-13,16H,1-6H2. The highest BCUT2D eigenvalue weighted by Gasteiger charge is 2.20. The van der Waals surface area contributed by atoms with E-state index in [4.69, 9.17) is 0 Å². The SMILES string of the molecule is O=CCCCC(CCCC=O)NS(=O)(=O)c1ccc([N+](=O)[O-])cc1. The van der Waals surface area contributed by atoms with Crippen LogP contribution in [-0.4, -0.2) is 32.0 Å². The van der Waals surface area contributed by atoms with Crippen LogP contribution in [0.25, 0.3) is 0 Å². The summed E-state index contributed by atoms with van der Waals surface area (Å²) in [4.78, 5) is 30.7. The predicted octanol–water partition coefficient (Wildman–Crippen LogP) is 1.98. The van der Waals surface area contributed by atoms with E-state index in [1.165, 1.54) is 12.1 Å². The number of hydrogen-bond donors (Lipinski definition) is 1. The fraction of sp³-hybridized carbons (Fsp3) is 0.467. The molecule has 9 heteroatoms. The molecule has 1 aromatic carbocycles. The van der Waals surface area contributed by atoms with Crippen molar-refractivity contribution in [3.63, 3.8) is 0 Å². The summed E-state index contributed by atoms with van der Waals surface area (Å²) in [6, 6.07) is 4.21. The van der Waals surface area contributed by atoms with Gasteiger partial charge in [-0.3, -0.25) is 10.1 Å². The number of hydrogen-bond acceptors (Lipinski definition) is 6. The van der Waals surface area contributed by atoms with Crippen LogP contribution in [0.15, 0.2) is 29.2 Å². The molecule has 1 N–H and O–H groups in total. The summed E-state index contributed by atoms with van der Waals surface area (Å²) >= 11 is 0. The first-order valence-electron chi connectivity index (χ1n) is 7.54. The minimum absolute atomic E-state index is 0.0659. The Morgan fingerprint density at radius 2 is 1.54 bits per heavy atom. The third-order valence-corrected chi connectivity index (χ3v) is 4.97. The molecule has 0 amide bonds. The lowest BCUT2D eigenvalue weighted by molar-refractivity contribution is -0.384. The van der Waals surface area contributed by atoms with Gasteiger partial charge >= 0.3 is 0 Å². The number of rotatable bonds is 12. The van der Waals surface area contributed by atoms with Gasteiger partial charge in [-0.1, -0.05) is 0 Å². The van der Waals surface area contributed by atoms with Crippen LogP contribution in [0.1, 0.15) is 38.5 Å². The molecule has 132 valence electrons. The zero-order valence-electron chi connectivity index (χ0n) is 13.1. The highest BCUT2D eigenvalue weighted by atomic mass is 32.2. The van der Waals surface area contributed by atoms with Crippen LogP contribution in [-0.2, 0) is 19.6 Å². The lowest BCUT2D eigenvalue weighted by Gasteiger charge is -2.18. The Bertz CT molecular complexity index is 643. The molecule has 0 radical (unpaired) electrons. The van der Waals surface area contributed by atoms with Crippen molar-refractivity contribution in [3.05, 3.63) is 34.4 Å². The molecule has 24 heavy (non-hydrogen) atoms. The second-order valence-electron chi connectivity index (χ2n) is 5.26. The van der Waals surface area contributed by atoms with Crippen molar-refractivity contribution in [1.82, 2.24) is 4.72 Å². The van der Waals surface area contributed by atoms with E-state index in [0.717, 1.165) is 24.7 Å². The first-order chi connectivity index (χ1) is 11.4. The summed E-state index contributed by atoms with van der Waals surface area (Å²) in [5, 5.41) is 10.6. The van der Waals surface area contributed by atoms with E-state index in [2.05, 4.69) is 4.72 Å². The zero-order chi connectivity index (χ0) is 18.0. The van der Waals surface area contributed by atoms with Gasteiger partial charge in [-0.25, -0.2) is 13.1 Å². The maximum Gasteiger partial charge on any atom is 0.269 e. The molecule has 0 atom stereocenters. The lowest BCUT2D eigenvalue weighted by Crippen LogP contribution is -2.35. The number of nitrogens with one attached hydrogen (secondary N) is 1. The Labute approximate surface area is 140 Å². The normalized spacial score (nSPS) is 11.4. The number of nitro benzene ring substituents is 1.